The first-order valence-corrected chi connectivity index (χ1v) is 5.30. The summed E-state index contributed by atoms with van der Waals surface area (Å²) in [7, 11) is 0. The molecule has 1 aromatic heterocycles. The number of nitrogens with two attached hydrogens (primary N) is 1. The number of amidine groups is 1. The molecule has 1 saturated heterocycles. The highest BCUT2D eigenvalue weighted by molar-refractivity contribution is 5.97. The molecule has 3 N–H and O–H groups in total. The Morgan fingerprint density at radius 3 is 3.12 bits per heavy atom. The van der Waals surface area contributed by atoms with Crippen molar-refractivity contribution >= 4 is 5.84 Å². The Balaban J connectivity index is 2.04. The molecule has 92 valence electrons. The van der Waals surface area contributed by atoms with Crippen LogP contribution in [0.15, 0.2) is 17.5 Å². The van der Waals surface area contributed by atoms with Gasteiger partial charge in [0, 0.05) is 24.9 Å². The van der Waals surface area contributed by atoms with Gasteiger partial charge in [0.05, 0.1) is 13.2 Å². The molecule has 0 spiro atoms. The molecule has 1 fully saturated rings. The normalized spacial score (nSPS) is 20.5. The maximum atomic E-state index is 8.61. The van der Waals surface area contributed by atoms with Crippen LogP contribution in [-0.2, 0) is 4.74 Å². The quantitative estimate of drug-likeness (QED) is 0.331. The molecule has 1 aromatic rings. The lowest BCUT2D eigenvalue weighted by molar-refractivity contribution is 0.165. The zero-order chi connectivity index (χ0) is 12.1. The van der Waals surface area contributed by atoms with Crippen LogP contribution < -0.4 is 10.5 Å². The minimum absolute atomic E-state index is 0.115. The van der Waals surface area contributed by atoms with E-state index in [1.165, 1.54) is 12.4 Å². The first-order valence-electron chi connectivity index (χ1n) is 5.30. The van der Waals surface area contributed by atoms with Gasteiger partial charge in [-0.1, -0.05) is 5.16 Å². The Morgan fingerprint density at radius 2 is 2.41 bits per heavy atom. The van der Waals surface area contributed by atoms with Crippen LogP contribution in [0, 0.1) is 5.92 Å². The maximum absolute atomic E-state index is 8.61. The Hall–Kier alpha value is -1.89. The molecule has 1 unspecified atom stereocenters. The van der Waals surface area contributed by atoms with E-state index in [0.29, 0.717) is 19.1 Å². The molecule has 0 radical (unpaired) electrons. The van der Waals surface area contributed by atoms with Crippen LogP contribution in [0.3, 0.4) is 0 Å². The minimum atomic E-state index is -0.115. The molecular weight excluding hydrogens is 224 g/mol. The van der Waals surface area contributed by atoms with E-state index in [1.807, 2.05) is 0 Å². The first-order chi connectivity index (χ1) is 8.31. The molecule has 7 heteroatoms. The van der Waals surface area contributed by atoms with Crippen LogP contribution in [0.1, 0.15) is 12.1 Å². The summed E-state index contributed by atoms with van der Waals surface area (Å²) in [5.41, 5.74) is 5.72. The fourth-order valence-corrected chi connectivity index (χ4v) is 1.57. The predicted molar refractivity (Wildman–Crippen MR) is 59.0 cm³/mol. The molecule has 17 heavy (non-hydrogen) atoms. The lowest BCUT2D eigenvalue weighted by atomic mass is 10.1. The van der Waals surface area contributed by atoms with Crippen LogP contribution in [0.5, 0.6) is 5.88 Å². The lowest BCUT2D eigenvalue weighted by Crippen LogP contribution is -2.19. The van der Waals surface area contributed by atoms with Gasteiger partial charge in [-0.15, -0.1) is 0 Å². The van der Waals surface area contributed by atoms with Crippen molar-refractivity contribution in [3.05, 3.63) is 18.1 Å². The zero-order valence-electron chi connectivity index (χ0n) is 9.24. The molecule has 0 aromatic carbocycles. The van der Waals surface area contributed by atoms with Gasteiger partial charge in [0.25, 0.3) is 0 Å². The van der Waals surface area contributed by atoms with Gasteiger partial charge in [0.15, 0.2) is 11.5 Å². The summed E-state index contributed by atoms with van der Waals surface area (Å²) in [6.07, 6.45) is 3.92. The SMILES string of the molecule is NC(=NO)c1nccnc1OCC1CCOC1. The molecule has 2 rings (SSSR count). The van der Waals surface area contributed by atoms with Gasteiger partial charge in [-0.05, 0) is 6.42 Å². The first kappa shape index (κ1) is 11.6. The van der Waals surface area contributed by atoms with Crippen molar-refractivity contribution < 1.29 is 14.7 Å². The van der Waals surface area contributed by atoms with Crippen LogP contribution >= 0.6 is 0 Å². The van der Waals surface area contributed by atoms with Crippen molar-refractivity contribution in [1.29, 1.82) is 0 Å². The summed E-state index contributed by atoms with van der Waals surface area (Å²) in [4.78, 5) is 7.97. The van der Waals surface area contributed by atoms with Gasteiger partial charge in [-0.25, -0.2) is 9.97 Å². The van der Waals surface area contributed by atoms with Gasteiger partial charge >= 0.3 is 0 Å². The summed E-state index contributed by atoms with van der Waals surface area (Å²) < 4.78 is 10.8. The van der Waals surface area contributed by atoms with Crippen LogP contribution in [-0.4, -0.2) is 40.8 Å². The van der Waals surface area contributed by atoms with E-state index in [9.17, 15) is 0 Å². The predicted octanol–water partition coefficient (Wildman–Crippen LogP) is -0.0136. The summed E-state index contributed by atoms with van der Waals surface area (Å²) in [5.74, 6) is 0.516. The smallest absolute Gasteiger partial charge is 0.243 e. The molecule has 7 nitrogen and oxygen atoms in total. The summed E-state index contributed by atoms with van der Waals surface area (Å²) in [5, 5.41) is 11.5. The van der Waals surface area contributed by atoms with E-state index in [0.717, 1.165) is 13.0 Å². The molecule has 1 aliphatic rings. The minimum Gasteiger partial charge on any atom is -0.476 e. The van der Waals surface area contributed by atoms with Crippen LogP contribution in [0.25, 0.3) is 0 Å². The molecule has 1 atom stereocenters. The monoisotopic (exact) mass is 238 g/mol. The second-order valence-electron chi connectivity index (χ2n) is 3.74. The summed E-state index contributed by atoms with van der Waals surface area (Å²) in [6.45, 7) is 1.95. The van der Waals surface area contributed by atoms with E-state index >= 15 is 0 Å². The maximum Gasteiger partial charge on any atom is 0.243 e. The summed E-state index contributed by atoms with van der Waals surface area (Å²) in [6, 6.07) is 0. The van der Waals surface area contributed by atoms with Crippen molar-refractivity contribution in [2.24, 2.45) is 16.8 Å². The molecule has 0 bridgehead atoms. The largest absolute Gasteiger partial charge is 0.476 e. The van der Waals surface area contributed by atoms with Gasteiger partial charge in [0.1, 0.15) is 0 Å². The number of nitrogens with zero attached hydrogens (tertiary/aromatic N) is 3. The second kappa shape index (κ2) is 5.44. The molecule has 0 amide bonds. The molecule has 1 aliphatic heterocycles. The highest BCUT2D eigenvalue weighted by atomic mass is 16.5. The van der Waals surface area contributed by atoms with Gasteiger partial charge in [0.2, 0.25) is 5.88 Å². The Morgan fingerprint density at radius 1 is 1.59 bits per heavy atom. The third-order valence-electron chi connectivity index (χ3n) is 2.49. The van der Waals surface area contributed by atoms with E-state index in [2.05, 4.69) is 15.1 Å². The third-order valence-corrected chi connectivity index (χ3v) is 2.49. The van der Waals surface area contributed by atoms with E-state index in [4.69, 9.17) is 20.4 Å². The highest BCUT2D eigenvalue weighted by Crippen LogP contribution is 2.16. The molecule has 0 aliphatic carbocycles. The number of aromatic nitrogens is 2. The van der Waals surface area contributed by atoms with Crippen molar-refractivity contribution in [2.75, 3.05) is 19.8 Å². The number of hydrogen-bond acceptors (Lipinski definition) is 6. The van der Waals surface area contributed by atoms with Gasteiger partial charge in [-0.2, -0.15) is 0 Å². The standard InChI is InChI=1S/C10H14N4O3/c11-9(14-15)8-10(13-3-2-12-8)17-6-7-1-4-16-5-7/h2-3,7,15H,1,4-6H2,(H2,11,14). The average Bonchev–Trinajstić information content (AvgIpc) is 2.89. The Labute approximate surface area is 98.3 Å². The zero-order valence-corrected chi connectivity index (χ0v) is 9.24. The van der Waals surface area contributed by atoms with Gasteiger partial charge in [-0.3, -0.25) is 0 Å². The van der Waals surface area contributed by atoms with Crippen molar-refractivity contribution in [3.63, 3.8) is 0 Å². The second-order valence-corrected chi connectivity index (χ2v) is 3.74. The average molecular weight is 238 g/mol. The number of rotatable bonds is 4. The third kappa shape index (κ3) is 2.82. The van der Waals surface area contributed by atoms with Crippen LogP contribution in [0.4, 0.5) is 0 Å². The van der Waals surface area contributed by atoms with E-state index in [1.54, 1.807) is 0 Å². The number of ether oxygens (including phenoxy) is 2. The number of hydrogen-bond donors (Lipinski definition) is 2. The van der Waals surface area contributed by atoms with Gasteiger partial charge < -0.3 is 20.4 Å². The Kier molecular flexibility index (Phi) is 3.71. The van der Waals surface area contributed by atoms with Crippen molar-refractivity contribution in [2.45, 2.75) is 6.42 Å². The van der Waals surface area contributed by atoms with Crippen molar-refractivity contribution in [3.8, 4) is 5.88 Å². The fourth-order valence-electron chi connectivity index (χ4n) is 1.57. The fraction of sp³-hybridized carbons (Fsp3) is 0.500. The van der Waals surface area contributed by atoms with Crippen molar-refractivity contribution in [1.82, 2.24) is 9.97 Å². The highest BCUT2D eigenvalue weighted by Gasteiger charge is 2.18. The van der Waals surface area contributed by atoms with E-state index < -0.39 is 0 Å². The molecule has 2 heterocycles. The molecule has 0 saturated carbocycles. The Bertz CT molecular complexity index is 404. The van der Waals surface area contributed by atoms with Crippen LogP contribution in [0.2, 0.25) is 0 Å². The lowest BCUT2D eigenvalue weighted by Gasteiger charge is -2.11. The topological polar surface area (TPSA) is 103 Å². The number of oxime groups is 1. The van der Waals surface area contributed by atoms with E-state index in [-0.39, 0.29) is 17.4 Å². The summed E-state index contributed by atoms with van der Waals surface area (Å²) >= 11 is 0. The molecular formula is C10H14N4O3.